The first-order valence-electron chi connectivity index (χ1n) is 8.13. The molecule has 0 aliphatic carbocycles. The Kier molecular flexibility index (Phi) is 5.32. The van der Waals surface area contributed by atoms with Gasteiger partial charge >= 0.3 is 0 Å². The summed E-state index contributed by atoms with van der Waals surface area (Å²) in [5.41, 5.74) is 4.01. The summed E-state index contributed by atoms with van der Waals surface area (Å²) in [4.78, 5) is 24.4. The molecule has 6 heteroatoms. The minimum atomic E-state index is -0.320. The van der Waals surface area contributed by atoms with E-state index in [4.69, 9.17) is 0 Å². The second-order valence-corrected chi connectivity index (χ2v) is 7.07. The number of rotatable bonds is 4. The molecule has 26 heavy (non-hydrogen) atoms. The van der Waals surface area contributed by atoms with Crippen LogP contribution in [0.25, 0.3) is 11.3 Å². The van der Waals surface area contributed by atoms with Crippen molar-refractivity contribution < 1.29 is 4.79 Å². The summed E-state index contributed by atoms with van der Waals surface area (Å²) >= 11 is 3.42. The molecule has 0 bridgehead atoms. The monoisotopic (exact) mass is 411 g/mol. The predicted molar refractivity (Wildman–Crippen MR) is 106 cm³/mol. The summed E-state index contributed by atoms with van der Waals surface area (Å²) in [6.07, 6.45) is 0. The molecule has 0 aliphatic rings. The third-order valence-electron chi connectivity index (χ3n) is 3.79. The van der Waals surface area contributed by atoms with Crippen LogP contribution in [-0.4, -0.2) is 15.7 Å². The number of carbonyl (C=O) groups is 1. The molecule has 5 nitrogen and oxygen atoms in total. The number of aromatic nitrogens is 2. The van der Waals surface area contributed by atoms with Gasteiger partial charge in [0.2, 0.25) is 5.91 Å². The van der Waals surface area contributed by atoms with E-state index in [1.54, 1.807) is 6.07 Å². The topological polar surface area (TPSA) is 64.0 Å². The van der Waals surface area contributed by atoms with E-state index in [1.165, 1.54) is 10.7 Å². The zero-order chi connectivity index (χ0) is 18.7. The molecule has 1 heterocycles. The molecule has 1 aromatic heterocycles. The minimum absolute atomic E-state index is 0.145. The van der Waals surface area contributed by atoms with Gasteiger partial charge in [0.15, 0.2) is 0 Å². The van der Waals surface area contributed by atoms with Gasteiger partial charge in [-0.3, -0.25) is 9.59 Å². The number of carbonyl (C=O) groups excluding carboxylic acids is 1. The number of hydrogen-bond acceptors (Lipinski definition) is 3. The van der Waals surface area contributed by atoms with E-state index >= 15 is 0 Å². The average Bonchev–Trinajstić information content (AvgIpc) is 2.56. The van der Waals surface area contributed by atoms with Gasteiger partial charge in [0.25, 0.3) is 5.56 Å². The van der Waals surface area contributed by atoms with E-state index in [1.807, 2.05) is 56.3 Å². The summed E-state index contributed by atoms with van der Waals surface area (Å²) in [6.45, 7) is 3.79. The molecule has 3 aromatic rings. The predicted octanol–water partition coefficient (Wildman–Crippen LogP) is 3.93. The van der Waals surface area contributed by atoms with Crippen molar-refractivity contribution in [3.63, 3.8) is 0 Å². The van der Waals surface area contributed by atoms with Crippen LogP contribution in [0.5, 0.6) is 0 Å². The van der Waals surface area contributed by atoms with Crippen molar-refractivity contribution in [3.05, 3.63) is 80.6 Å². The standard InChI is InChI=1S/C20H18BrN3O2/c1-13-8-14(2)10-17(9-13)22-19(25)12-24-20(26)7-6-18(23-24)15-4-3-5-16(21)11-15/h3-11H,12H2,1-2H3,(H,22,25). The maximum absolute atomic E-state index is 12.3. The van der Waals surface area contributed by atoms with Gasteiger partial charge in [0.1, 0.15) is 6.54 Å². The van der Waals surface area contributed by atoms with Gasteiger partial charge in [-0.25, -0.2) is 4.68 Å². The van der Waals surface area contributed by atoms with Crippen molar-refractivity contribution in [2.45, 2.75) is 20.4 Å². The summed E-state index contributed by atoms with van der Waals surface area (Å²) in [7, 11) is 0. The molecular formula is C20H18BrN3O2. The zero-order valence-electron chi connectivity index (χ0n) is 14.5. The quantitative estimate of drug-likeness (QED) is 0.707. The van der Waals surface area contributed by atoms with Crippen molar-refractivity contribution in [3.8, 4) is 11.3 Å². The molecule has 0 radical (unpaired) electrons. The molecule has 2 aromatic carbocycles. The Bertz CT molecular complexity index is 1010. The van der Waals surface area contributed by atoms with Crippen molar-refractivity contribution in [2.75, 3.05) is 5.32 Å². The largest absolute Gasteiger partial charge is 0.324 e. The highest BCUT2D eigenvalue weighted by Crippen LogP contribution is 2.20. The summed E-state index contributed by atoms with van der Waals surface area (Å²) in [5.74, 6) is -0.295. The van der Waals surface area contributed by atoms with Crippen LogP contribution in [0.15, 0.2) is 63.9 Å². The van der Waals surface area contributed by atoms with E-state index < -0.39 is 0 Å². The Morgan fingerprint density at radius 1 is 1.08 bits per heavy atom. The molecule has 3 rings (SSSR count). The highest BCUT2D eigenvalue weighted by molar-refractivity contribution is 9.10. The zero-order valence-corrected chi connectivity index (χ0v) is 16.1. The molecule has 1 N–H and O–H groups in total. The van der Waals surface area contributed by atoms with Crippen LogP contribution < -0.4 is 10.9 Å². The summed E-state index contributed by atoms with van der Waals surface area (Å²) in [5, 5.41) is 7.14. The number of aryl methyl sites for hydroxylation is 2. The van der Waals surface area contributed by atoms with Gasteiger partial charge in [-0.2, -0.15) is 5.10 Å². The fourth-order valence-corrected chi connectivity index (χ4v) is 3.15. The highest BCUT2D eigenvalue weighted by Gasteiger charge is 2.09. The normalized spacial score (nSPS) is 10.6. The number of nitrogens with zero attached hydrogens (tertiary/aromatic N) is 2. The molecular weight excluding hydrogens is 394 g/mol. The van der Waals surface area contributed by atoms with Crippen LogP contribution >= 0.6 is 15.9 Å². The van der Waals surface area contributed by atoms with Gasteiger partial charge in [0, 0.05) is 21.8 Å². The second kappa shape index (κ2) is 7.66. The van der Waals surface area contributed by atoms with E-state index in [0.717, 1.165) is 21.2 Å². The lowest BCUT2D eigenvalue weighted by Crippen LogP contribution is -2.29. The molecule has 0 unspecified atom stereocenters. The Morgan fingerprint density at radius 2 is 1.81 bits per heavy atom. The number of nitrogens with one attached hydrogen (secondary N) is 1. The van der Waals surface area contributed by atoms with E-state index in [2.05, 4.69) is 26.3 Å². The Hall–Kier alpha value is -2.73. The molecule has 0 aliphatic heterocycles. The van der Waals surface area contributed by atoms with E-state index in [-0.39, 0.29) is 18.0 Å². The maximum Gasteiger partial charge on any atom is 0.267 e. The van der Waals surface area contributed by atoms with Crippen LogP contribution in [0.4, 0.5) is 5.69 Å². The molecule has 0 atom stereocenters. The van der Waals surface area contributed by atoms with Crippen molar-refractivity contribution >= 4 is 27.5 Å². The number of hydrogen-bond donors (Lipinski definition) is 1. The number of halogens is 1. The third-order valence-corrected chi connectivity index (χ3v) is 4.28. The van der Waals surface area contributed by atoms with Gasteiger partial charge in [-0.1, -0.05) is 34.1 Å². The Balaban J connectivity index is 1.81. The lowest BCUT2D eigenvalue weighted by molar-refractivity contribution is -0.117. The van der Waals surface area contributed by atoms with Crippen molar-refractivity contribution in [1.82, 2.24) is 9.78 Å². The summed E-state index contributed by atoms with van der Waals surface area (Å²) < 4.78 is 2.09. The van der Waals surface area contributed by atoms with Crippen molar-refractivity contribution in [1.29, 1.82) is 0 Å². The number of anilines is 1. The van der Waals surface area contributed by atoms with Gasteiger partial charge in [0.05, 0.1) is 5.69 Å². The molecule has 0 saturated heterocycles. The fourth-order valence-electron chi connectivity index (χ4n) is 2.75. The van der Waals surface area contributed by atoms with Gasteiger partial charge in [-0.15, -0.1) is 0 Å². The molecule has 0 spiro atoms. The average molecular weight is 412 g/mol. The fraction of sp³-hybridized carbons (Fsp3) is 0.150. The number of benzene rings is 2. The first kappa shape index (κ1) is 18.1. The van der Waals surface area contributed by atoms with Gasteiger partial charge < -0.3 is 5.32 Å². The van der Waals surface area contributed by atoms with Crippen LogP contribution in [0.2, 0.25) is 0 Å². The lowest BCUT2D eigenvalue weighted by Gasteiger charge is -2.10. The molecule has 0 saturated carbocycles. The SMILES string of the molecule is Cc1cc(C)cc(NC(=O)Cn2nc(-c3cccc(Br)c3)ccc2=O)c1. The first-order chi connectivity index (χ1) is 12.4. The van der Waals surface area contributed by atoms with E-state index in [0.29, 0.717) is 11.4 Å². The molecule has 132 valence electrons. The van der Waals surface area contributed by atoms with Crippen LogP contribution in [0.3, 0.4) is 0 Å². The van der Waals surface area contributed by atoms with Crippen molar-refractivity contribution in [2.24, 2.45) is 0 Å². The minimum Gasteiger partial charge on any atom is -0.324 e. The Morgan fingerprint density at radius 3 is 2.50 bits per heavy atom. The highest BCUT2D eigenvalue weighted by atomic mass is 79.9. The molecule has 0 fully saturated rings. The number of amides is 1. The third kappa shape index (κ3) is 4.46. The maximum atomic E-state index is 12.3. The van der Waals surface area contributed by atoms with Crippen LogP contribution in [0, 0.1) is 13.8 Å². The smallest absolute Gasteiger partial charge is 0.267 e. The second-order valence-electron chi connectivity index (χ2n) is 6.15. The van der Waals surface area contributed by atoms with E-state index in [9.17, 15) is 9.59 Å². The van der Waals surface area contributed by atoms with Gasteiger partial charge in [-0.05, 0) is 55.3 Å². The summed E-state index contributed by atoms with van der Waals surface area (Å²) in [6, 6.07) is 16.5. The van der Waals surface area contributed by atoms with Crippen LogP contribution in [-0.2, 0) is 11.3 Å². The Labute approximate surface area is 159 Å². The lowest BCUT2D eigenvalue weighted by atomic mass is 10.1. The van der Waals surface area contributed by atoms with Crippen LogP contribution in [0.1, 0.15) is 11.1 Å². The molecule has 1 amide bonds. The first-order valence-corrected chi connectivity index (χ1v) is 8.92.